The molecular formula is C8H11BINO2. The smallest absolute Gasteiger partial charge is 0.423 e. The zero-order valence-corrected chi connectivity index (χ0v) is 9.45. The molecule has 0 fully saturated rings. The first kappa shape index (κ1) is 11.0. The summed E-state index contributed by atoms with van der Waals surface area (Å²) in [6, 6.07) is 3.47. The van der Waals surface area contributed by atoms with E-state index in [1.165, 1.54) is 0 Å². The minimum Gasteiger partial charge on any atom is -0.423 e. The molecule has 0 aromatic heterocycles. The molecule has 5 heteroatoms. The van der Waals surface area contributed by atoms with Crippen LogP contribution in [0.4, 0.5) is 0 Å². The summed E-state index contributed by atoms with van der Waals surface area (Å²) < 4.78 is 1.00. The van der Waals surface area contributed by atoms with Crippen molar-refractivity contribution in [3.63, 3.8) is 0 Å². The van der Waals surface area contributed by atoms with E-state index in [9.17, 15) is 0 Å². The Hall–Kier alpha value is -0.105. The molecule has 0 saturated carbocycles. The number of nitrogens with two attached hydrogens (primary N) is 1. The van der Waals surface area contributed by atoms with Crippen LogP contribution in [0.1, 0.15) is 11.1 Å². The zero-order chi connectivity index (χ0) is 10.0. The lowest BCUT2D eigenvalue weighted by Gasteiger charge is -2.08. The van der Waals surface area contributed by atoms with Crippen molar-refractivity contribution in [2.45, 2.75) is 13.5 Å². The van der Waals surface area contributed by atoms with Gasteiger partial charge < -0.3 is 15.8 Å². The first-order valence-corrected chi connectivity index (χ1v) is 4.99. The molecule has 0 radical (unpaired) electrons. The van der Waals surface area contributed by atoms with Crippen molar-refractivity contribution < 1.29 is 10.0 Å². The summed E-state index contributed by atoms with van der Waals surface area (Å²) >= 11 is 2.15. The van der Waals surface area contributed by atoms with Gasteiger partial charge in [-0.2, -0.15) is 0 Å². The minimum atomic E-state index is -1.42. The monoisotopic (exact) mass is 291 g/mol. The summed E-state index contributed by atoms with van der Waals surface area (Å²) in [5.74, 6) is 0. The van der Waals surface area contributed by atoms with Gasteiger partial charge in [-0.25, -0.2) is 0 Å². The van der Waals surface area contributed by atoms with E-state index in [4.69, 9.17) is 15.8 Å². The fourth-order valence-corrected chi connectivity index (χ4v) is 1.83. The van der Waals surface area contributed by atoms with E-state index < -0.39 is 7.12 Å². The predicted molar refractivity (Wildman–Crippen MR) is 61.6 cm³/mol. The van der Waals surface area contributed by atoms with Gasteiger partial charge in [0.25, 0.3) is 0 Å². The molecule has 0 heterocycles. The van der Waals surface area contributed by atoms with Crippen LogP contribution in [-0.4, -0.2) is 17.2 Å². The second-order valence-corrected chi connectivity index (χ2v) is 4.03. The van der Waals surface area contributed by atoms with Gasteiger partial charge in [-0.15, -0.1) is 0 Å². The Bertz CT molecular complexity index is 317. The highest BCUT2D eigenvalue weighted by molar-refractivity contribution is 14.1. The molecule has 0 bridgehead atoms. The number of hydrogen-bond acceptors (Lipinski definition) is 3. The Morgan fingerprint density at radius 3 is 2.54 bits per heavy atom. The molecule has 13 heavy (non-hydrogen) atoms. The topological polar surface area (TPSA) is 66.5 Å². The van der Waals surface area contributed by atoms with Crippen molar-refractivity contribution in [2.24, 2.45) is 5.73 Å². The Morgan fingerprint density at radius 2 is 2.08 bits per heavy atom. The fraction of sp³-hybridized carbons (Fsp3) is 0.250. The molecule has 70 valence electrons. The van der Waals surface area contributed by atoms with E-state index in [-0.39, 0.29) is 0 Å². The lowest BCUT2D eigenvalue weighted by Crippen LogP contribution is -2.31. The van der Waals surface area contributed by atoms with E-state index >= 15 is 0 Å². The van der Waals surface area contributed by atoms with Crippen molar-refractivity contribution in [3.8, 4) is 0 Å². The summed E-state index contributed by atoms with van der Waals surface area (Å²) in [5.41, 5.74) is 8.08. The number of rotatable bonds is 2. The SMILES string of the molecule is Cc1c(I)cc(B(O)O)cc1CN. The lowest BCUT2D eigenvalue weighted by atomic mass is 9.79. The summed E-state index contributed by atoms with van der Waals surface area (Å²) in [7, 11) is -1.42. The van der Waals surface area contributed by atoms with E-state index in [2.05, 4.69) is 22.6 Å². The molecule has 1 aromatic rings. The van der Waals surface area contributed by atoms with Crippen LogP contribution in [0.2, 0.25) is 0 Å². The molecule has 0 spiro atoms. The van der Waals surface area contributed by atoms with Crippen LogP contribution in [0.25, 0.3) is 0 Å². The van der Waals surface area contributed by atoms with E-state index in [1.807, 2.05) is 6.92 Å². The molecule has 0 amide bonds. The Kier molecular flexibility index (Phi) is 3.72. The van der Waals surface area contributed by atoms with Crippen LogP contribution in [-0.2, 0) is 6.54 Å². The maximum Gasteiger partial charge on any atom is 0.488 e. The average Bonchev–Trinajstić information content (AvgIpc) is 2.09. The molecule has 3 nitrogen and oxygen atoms in total. The van der Waals surface area contributed by atoms with Gasteiger partial charge in [0, 0.05) is 10.1 Å². The highest BCUT2D eigenvalue weighted by Crippen LogP contribution is 2.14. The van der Waals surface area contributed by atoms with Crippen molar-refractivity contribution in [1.29, 1.82) is 0 Å². The summed E-state index contributed by atoms with van der Waals surface area (Å²) in [4.78, 5) is 0. The minimum absolute atomic E-state index is 0.419. The van der Waals surface area contributed by atoms with Gasteiger partial charge in [0.15, 0.2) is 0 Å². The maximum absolute atomic E-state index is 8.97. The van der Waals surface area contributed by atoms with E-state index in [1.54, 1.807) is 12.1 Å². The molecule has 0 aliphatic heterocycles. The van der Waals surface area contributed by atoms with Crippen molar-refractivity contribution in [1.82, 2.24) is 0 Å². The summed E-state index contributed by atoms with van der Waals surface area (Å²) in [6.07, 6.45) is 0. The molecule has 1 aromatic carbocycles. The standard InChI is InChI=1S/C8H11BINO2/c1-5-6(4-11)2-7(9(12)13)3-8(5)10/h2-3,12-13H,4,11H2,1H3. The van der Waals surface area contributed by atoms with Gasteiger partial charge in [0.05, 0.1) is 0 Å². The summed E-state index contributed by atoms with van der Waals surface area (Å²) in [5, 5.41) is 17.9. The zero-order valence-electron chi connectivity index (χ0n) is 7.29. The van der Waals surface area contributed by atoms with Crippen LogP contribution in [0.5, 0.6) is 0 Å². The molecule has 0 aliphatic carbocycles. The Balaban J connectivity index is 3.22. The highest BCUT2D eigenvalue weighted by atomic mass is 127. The third-order valence-corrected chi connectivity index (χ3v) is 3.11. The maximum atomic E-state index is 8.97. The molecule has 0 unspecified atom stereocenters. The molecular weight excluding hydrogens is 280 g/mol. The summed E-state index contributed by atoms with van der Waals surface area (Å²) in [6.45, 7) is 2.39. The Morgan fingerprint density at radius 1 is 1.46 bits per heavy atom. The van der Waals surface area contributed by atoms with Gasteiger partial charge in [-0.05, 0) is 52.2 Å². The first-order chi connectivity index (χ1) is 6.06. The number of hydrogen-bond donors (Lipinski definition) is 3. The van der Waals surface area contributed by atoms with Gasteiger partial charge in [0.2, 0.25) is 0 Å². The molecule has 0 aliphatic rings. The Labute approximate surface area is 91.2 Å². The van der Waals surface area contributed by atoms with Crippen LogP contribution < -0.4 is 11.2 Å². The average molecular weight is 291 g/mol. The lowest BCUT2D eigenvalue weighted by molar-refractivity contribution is 0.425. The first-order valence-electron chi connectivity index (χ1n) is 3.91. The van der Waals surface area contributed by atoms with Crippen molar-refractivity contribution in [3.05, 3.63) is 26.8 Å². The van der Waals surface area contributed by atoms with Crippen LogP contribution in [0, 0.1) is 10.5 Å². The largest absolute Gasteiger partial charge is 0.488 e. The third kappa shape index (κ3) is 2.43. The van der Waals surface area contributed by atoms with E-state index in [0.29, 0.717) is 12.0 Å². The van der Waals surface area contributed by atoms with E-state index in [0.717, 1.165) is 14.7 Å². The van der Waals surface area contributed by atoms with Crippen molar-refractivity contribution in [2.75, 3.05) is 0 Å². The highest BCUT2D eigenvalue weighted by Gasteiger charge is 2.13. The molecule has 0 atom stereocenters. The quantitative estimate of drug-likeness (QED) is 0.519. The molecule has 0 saturated heterocycles. The van der Waals surface area contributed by atoms with Crippen LogP contribution in [0.3, 0.4) is 0 Å². The third-order valence-electron chi connectivity index (χ3n) is 1.99. The number of benzene rings is 1. The van der Waals surface area contributed by atoms with Crippen molar-refractivity contribution >= 4 is 35.2 Å². The van der Waals surface area contributed by atoms with Gasteiger partial charge in [0.1, 0.15) is 0 Å². The van der Waals surface area contributed by atoms with Crippen LogP contribution >= 0.6 is 22.6 Å². The van der Waals surface area contributed by atoms with Gasteiger partial charge in [-0.1, -0.05) is 6.07 Å². The number of halogens is 1. The van der Waals surface area contributed by atoms with Gasteiger partial charge >= 0.3 is 7.12 Å². The van der Waals surface area contributed by atoms with Gasteiger partial charge in [-0.3, -0.25) is 0 Å². The second kappa shape index (κ2) is 4.41. The normalized spacial score (nSPS) is 10.2. The van der Waals surface area contributed by atoms with Crippen LogP contribution in [0.15, 0.2) is 12.1 Å². The second-order valence-electron chi connectivity index (χ2n) is 2.86. The predicted octanol–water partition coefficient (Wildman–Crippen LogP) is -0.262. The fourth-order valence-electron chi connectivity index (χ4n) is 1.12. The molecule has 1 rings (SSSR count). The molecule has 4 N–H and O–H groups in total.